The van der Waals surface area contributed by atoms with Gasteiger partial charge in [-0.1, -0.05) is 25.5 Å². The first kappa shape index (κ1) is 23.2. The minimum Gasteiger partial charge on any atom is -0.481 e. The quantitative estimate of drug-likeness (QED) is 0.371. The largest absolute Gasteiger partial charge is 0.481 e. The van der Waals surface area contributed by atoms with E-state index in [2.05, 4.69) is 22.7 Å². The van der Waals surface area contributed by atoms with E-state index in [4.69, 9.17) is 5.11 Å². The van der Waals surface area contributed by atoms with Crippen molar-refractivity contribution in [1.29, 1.82) is 0 Å². The molecular formula is C23H25F3N4O2. The van der Waals surface area contributed by atoms with Gasteiger partial charge in [-0.25, -0.2) is 4.68 Å². The Balaban J connectivity index is 1.67. The summed E-state index contributed by atoms with van der Waals surface area (Å²) >= 11 is 0. The molecule has 0 radical (unpaired) electrons. The summed E-state index contributed by atoms with van der Waals surface area (Å²) in [5.41, 5.74) is 2.53. The molecular weight excluding hydrogens is 421 g/mol. The molecule has 3 rings (SSSR count). The number of hydrogen-bond donors (Lipinski definition) is 3. The van der Waals surface area contributed by atoms with E-state index in [1.54, 1.807) is 12.1 Å². The summed E-state index contributed by atoms with van der Waals surface area (Å²) in [6, 6.07) is 14.9. The highest BCUT2D eigenvalue weighted by atomic mass is 19.4. The van der Waals surface area contributed by atoms with Gasteiger partial charge in [0.1, 0.15) is 0 Å². The zero-order valence-corrected chi connectivity index (χ0v) is 17.6. The van der Waals surface area contributed by atoms with Crippen LogP contribution in [0.2, 0.25) is 0 Å². The number of carboxylic acid groups (broad SMARTS) is 1. The number of anilines is 2. The lowest BCUT2D eigenvalue weighted by molar-refractivity contribution is -0.138. The molecule has 0 aliphatic heterocycles. The maximum atomic E-state index is 12.8. The van der Waals surface area contributed by atoms with Crippen LogP contribution in [0.4, 0.5) is 24.5 Å². The van der Waals surface area contributed by atoms with Gasteiger partial charge < -0.3 is 15.7 Å². The Morgan fingerprint density at radius 2 is 1.75 bits per heavy atom. The molecule has 1 unspecified atom stereocenters. The number of nitrogens with one attached hydrogen (secondary N) is 2. The van der Waals surface area contributed by atoms with Gasteiger partial charge in [-0.2, -0.15) is 18.3 Å². The van der Waals surface area contributed by atoms with Gasteiger partial charge in [-0.05, 0) is 48.4 Å². The van der Waals surface area contributed by atoms with Crippen LogP contribution in [0, 0.1) is 0 Å². The van der Waals surface area contributed by atoms with Gasteiger partial charge in [0, 0.05) is 24.1 Å². The summed E-state index contributed by atoms with van der Waals surface area (Å²) in [7, 11) is 0. The van der Waals surface area contributed by atoms with E-state index in [-0.39, 0.29) is 12.5 Å². The maximum absolute atomic E-state index is 12.8. The zero-order valence-electron chi connectivity index (χ0n) is 17.6. The average Bonchev–Trinajstić information content (AvgIpc) is 3.25. The van der Waals surface area contributed by atoms with Crippen molar-refractivity contribution < 1.29 is 23.1 Å². The van der Waals surface area contributed by atoms with Crippen molar-refractivity contribution >= 4 is 17.3 Å². The number of halogens is 3. The Hall–Kier alpha value is -3.49. The number of nitrogens with zero attached hydrogens (tertiary/aromatic N) is 2. The second-order valence-electron chi connectivity index (χ2n) is 7.40. The van der Waals surface area contributed by atoms with Crippen molar-refractivity contribution in [2.24, 2.45) is 0 Å². The summed E-state index contributed by atoms with van der Waals surface area (Å²) in [6.45, 7) is 2.45. The van der Waals surface area contributed by atoms with Crippen molar-refractivity contribution in [3.63, 3.8) is 0 Å². The van der Waals surface area contributed by atoms with Crippen LogP contribution >= 0.6 is 0 Å². The number of alkyl halides is 3. The molecule has 0 fully saturated rings. The average molecular weight is 446 g/mol. The second-order valence-corrected chi connectivity index (χ2v) is 7.40. The van der Waals surface area contributed by atoms with Crippen LogP contribution in [0.5, 0.6) is 0 Å². The first-order valence-corrected chi connectivity index (χ1v) is 10.3. The Bertz CT molecular complexity index is 1010. The Kier molecular flexibility index (Phi) is 7.40. The molecule has 1 atom stereocenters. The van der Waals surface area contributed by atoms with E-state index in [0.29, 0.717) is 12.2 Å². The Morgan fingerprint density at radius 1 is 1.09 bits per heavy atom. The van der Waals surface area contributed by atoms with Gasteiger partial charge in [-0.3, -0.25) is 4.79 Å². The van der Waals surface area contributed by atoms with Crippen LogP contribution in [0.15, 0.2) is 60.9 Å². The molecule has 1 heterocycles. The third-order valence-corrected chi connectivity index (χ3v) is 4.94. The number of carboxylic acids is 1. The van der Waals surface area contributed by atoms with Gasteiger partial charge in [0.15, 0.2) is 0 Å². The van der Waals surface area contributed by atoms with E-state index in [9.17, 15) is 18.0 Å². The molecule has 6 nitrogen and oxygen atoms in total. The van der Waals surface area contributed by atoms with E-state index >= 15 is 0 Å². The van der Waals surface area contributed by atoms with E-state index in [0.717, 1.165) is 42.2 Å². The van der Waals surface area contributed by atoms with Crippen molar-refractivity contribution in [2.75, 3.05) is 17.2 Å². The molecule has 0 saturated carbocycles. The van der Waals surface area contributed by atoms with E-state index in [1.807, 2.05) is 36.4 Å². The molecule has 9 heteroatoms. The van der Waals surface area contributed by atoms with Gasteiger partial charge in [0.2, 0.25) is 0 Å². The Morgan fingerprint density at radius 3 is 2.31 bits per heavy atom. The topological polar surface area (TPSA) is 79.2 Å². The zero-order chi connectivity index (χ0) is 23.1. The van der Waals surface area contributed by atoms with Crippen LogP contribution in [0.3, 0.4) is 0 Å². The fourth-order valence-electron chi connectivity index (χ4n) is 3.28. The molecule has 0 aliphatic rings. The van der Waals surface area contributed by atoms with Crippen molar-refractivity contribution in [3.8, 4) is 5.69 Å². The van der Waals surface area contributed by atoms with Crippen LogP contribution in [-0.2, 0) is 11.0 Å². The number of aliphatic carboxylic acids is 1. The number of aromatic nitrogens is 2. The highest BCUT2D eigenvalue weighted by Gasteiger charge is 2.32. The highest BCUT2D eigenvalue weighted by Crippen LogP contribution is 2.30. The van der Waals surface area contributed by atoms with Gasteiger partial charge >= 0.3 is 12.1 Å². The van der Waals surface area contributed by atoms with E-state index in [1.165, 1.54) is 4.68 Å². The molecule has 0 bridgehead atoms. The lowest BCUT2D eigenvalue weighted by atomic mass is 10.0. The van der Waals surface area contributed by atoms with Crippen molar-refractivity contribution in [2.45, 2.75) is 38.4 Å². The summed E-state index contributed by atoms with van der Waals surface area (Å²) in [6.07, 6.45) is -0.746. The fourth-order valence-corrected chi connectivity index (χ4v) is 3.28. The smallest absolute Gasteiger partial charge is 0.419 e. The summed E-state index contributed by atoms with van der Waals surface area (Å²) in [4.78, 5) is 10.6. The van der Waals surface area contributed by atoms with Crippen LogP contribution < -0.4 is 10.6 Å². The van der Waals surface area contributed by atoms with Gasteiger partial charge in [0.25, 0.3) is 0 Å². The number of benzene rings is 2. The highest BCUT2D eigenvalue weighted by molar-refractivity contribution is 5.67. The maximum Gasteiger partial charge on any atom is 0.419 e. The molecule has 170 valence electrons. The molecule has 2 aromatic carbocycles. The van der Waals surface area contributed by atoms with Gasteiger partial charge in [-0.15, -0.1) is 0 Å². The Labute approximate surface area is 184 Å². The normalized spacial score (nSPS) is 12.4. The third kappa shape index (κ3) is 6.26. The SMILES string of the molecule is CCCC(Nc1ccc(-n2cc(C(F)(F)F)cn2)cc1)c1ccc(NCCC(=O)O)cc1. The van der Waals surface area contributed by atoms with Crippen LogP contribution in [0.25, 0.3) is 5.69 Å². The predicted octanol–water partition coefficient (Wildman–Crippen LogP) is 5.73. The summed E-state index contributed by atoms with van der Waals surface area (Å²) in [5, 5.41) is 19.1. The van der Waals surface area contributed by atoms with Crippen LogP contribution in [-0.4, -0.2) is 27.4 Å². The number of rotatable bonds is 10. The fraction of sp³-hybridized carbons (Fsp3) is 0.304. The number of carbonyl (C=O) groups is 1. The first-order chi connectivity index (χ1) is 15.3. The molecule has 0 saturated heterocycles. The predicted molar refractivity (Wildman–Crippen MR) is 117 cm³/mol. The number of hydrogen-bond acceptors (Lipinski definition) is 4. The molecule has 3 N–H and O–H groups in total. The molecule has 3 aromatic rings. The second kappa shape index (κ2) is 10.2. The summed E-state index contributed by atoms with van der Waals surface area (Å²) in [5.74, 6) is -0.847. The standard InChI is InChI=1S/C23H25F3N4O2/c1-2-3-21(16-4-6-18(7-5-16)27-13-12-22(31)32)29-19-8-10-20(11-9-19)30-15-17(14-28-30)23(24,25)26/h4-11,14-15,21,27,29H,2-3,12-13H2,1H3,(H,31,32). The third-order valence-electron chi connectivity index (χ3n) is 4.94. The van der Waals surface area contributed by atoms with Gasteiger partial charge in [0.05, 0.1) is 29.9 Å². The molecule has 0 amide bonds. The molecule has 0 aliphatic carbocycles. The minimum absolute atomic E-state index is 0.0494. The molecule has 0 spiro atoms. The first-order valence-electron chi connectivity index (χ1n) is 10.3. The van der Waals surface area contributed by atoms with Crippen molar-refractivity contribution in [1.82, 2.24) is 9.78 Å². The molecule has 1 aromatic heterocycles. The lowest BCUT2D eigenvalue weighted by Gasteiger charge is -2.20. The van der Waals surface area contributed by atoms with Crippen molar-refractivity contribution in [3.05, 3.63) is 72.1 Å². The lowest BCUT2D eigenvalue weighted by Crippen LogP contribution is -2.11. The van der Waals surface area contributed by atoms with Crippen LogP contribution in [0.1, 0.15) is 43.4 Å². The minimum atomic E-state index is -4.42. The molecule has 32 heavy (non-hydrogen) atoms. The monoisotopic (exact) mass is 446 g/mol. The van der Waals surface area contributed by atoms with E-state index < -0.39 is 17.7 Å². The summed E-state index contributed by atoms with van der Waals surface area (Å²) < 4.78 is 39.6.